The Morgan fingerprint density at radius 3 is 2.60 bits per heavy atom. The fraction of sp³-hybridized carbons (Fsp3) is 0.583. The van der Waals surface area contributed by atoms with E-state index < -0.39 is 0 Å². The number of hydrogen-bond acceptors (Lipinski definition) is 2. The van der Waals surface area contributed by atoms with Gasteiger partial charge in [0.25, 0.3) is 0 Å². The number of carbonyl (C=O) groups is 1. The predicted octanol–water partition coefficient (Wildman–Crippen LogP) is 3.96. The maximum atomic E-state index is 11.4. The van der Waals surface area contributed by atoms with Crippen molar-refractivity contribution >= 4 is 21.9 Å². The van der Waals surface area contributed by atoms with Gasteiger partial charge in [0.15, 0.2) is 0 Å². The highest BCUT2D eigenvalue weighted by Crippen LogP contribution is 2.23. The Morgan fingerprint density at radius 1 is 1.47 bits per heavy atom. The fourth-order valence-electron chi connectivity index (χ4n) is 1.25. The van der Waals surface area contributed by atoms with Crippen molar-refractivity contribution in [1.82, 2.24) is 0 Å². The van der Waals surface area contributed by atoms with E-state index in [1.807, 2.05) is 0 Å². The molecule has 0 bridgehead atoms. The van der Waals surface area contributed by atoms with Crippen LogP contribution in [0.15, 0.2) is 22.7 Å². The standard InChI is InChI=1S/C12H19BrO2/c1-4-6-7-9-11(13)10(8-5-2)12(14)15-3/h5H,2,4,6-9H2,1,3H3/b11-10+. The highest BCUT2D eigenvalue weighted by Gasteiger charge is 2.12. The van der Waals surface area contributed by atoms with Crippen LogP contribution in [0.5, 0.6) is 0 Å². The Labute approximate surface area is 101 Å². The lowest BCUT2D eigenvalue weighted by molar-refractivity contribution is -0.136. The summed E-state index contributed by atoms with van der Waals surface area (Å²) in [6, 6.07) is 0. The highest BCUT2D eigenvalue weighted by molar-refractivity contribution is 9.11. The lowest BCUT2D eigenvalue weighted by Gasteiger charge is -2.06. The minimum atomic E-state index is -0.265. The lowest BCUT2D eigenvalue weighted by atomic mass is 10.1. The number of ether oxygens (including phenoxy) is 1. The molecule has 0 aliphatic rings. The highest BCUT2D eigenvalue weighted by atomic mass is 79.9. The van der Waals surface area contributed by atoms with Crippen LogP contribution in [0, 0.1) is 0 Å². The molecule has 0 N–H and O–H groups in total. The predicted molar refractivity (Wildman–Crippen MR) is 66.9 cm³/mol. The number of allylic oxidation sites excluding steroid dienone is 2. The van der Waals surface area contributed by atoms with Crippen LogP contribution in [0.1, 0.15) is 39.0 Å². The quantitative estimate of drug-likeness (QED) is 0.304. The first-order valence-corrected chi connectivity index (χ1v) is 6.03. The maximum Gasteiger partial charge on any atom is 0.334 e. The summed E-state index contributed by atoms with van der Waals surface area (Å²) in [7, 11) is 1.40. The van der Waals surface area contributed by atoms with Gasteiger partial charge in [-0.25, -0.2) is 4.79 Å². The van der Waals surface area contributed by atoms with Gasteiger partial charge in [0, 0.05) is 4.48 Å². The molecule has 0 aromatic heterocycles. The summed E-state index contributed by atoms with van der Waals surface area (Å²) in [6.07, 6.45) is 6.61. The van der Waals surface area contributed by atoms with E-state index in [2.05, 4.69) is 29.4 Å². The Bertz CT molecular complexity index is 244. The summed E-state index contributed by atoms with van der Waals surface area (Å²) in [5.41, 5.74) is 0.684. The van der Waals surface area contributed by atoms with Crippen molar-refractivity contribution in [3.63, 3.8) is 0 Å². The minimum Gasteiger partial charge on any atom is -0.466 e. The molecule has 0 amide bonds. The van der Waals surface area contributed by atoms with Crippen molar-refractivity contribution in [2.24, 2.45) is 0 Å². The van der Waals surface area contributed by atoms with Crippen molar-refractivity contribution < 1.29 is 9.53 Å². The topological polar surface area (TPSA) is 26.3 Å². The van der Waals surface area contributed by atoms with Crippen molar-refractivity contribution in [3.05, 3.63) is 22.7 Å². The van der Waals surface area contributed by atoms with Gasteiger partial charge in [0.1, 0.15) is 0 Å². The van der Waals surface area contributed by atoms with Crippen LogP contribution in [0.25, 0.3) is 0 Å². The van der Waals surface area contributed by atoms with Crippen LogP contribution in [0.2, 0.25) is 0 Å². The summed E-state index contributed by atoms with van der Waals surface area (Å²) < 4.78 is 5.66. The largest absolute Gasteiger partial charge is 0.466 e. The van der Waals surface area contributed by atoms with Crippen LogP contribution in [0.4, 0.5) is 0 Å². The zero-order valence-corrected chi connectivity index (χ0v) is 11.1. The first-order chi connectivity index (χ1) is 7.17. The molecule has 0 saturated carbocycles. The summed E-state index contributed by atoms with van der Waals surface area (Å²) >= 11 is 3.45. The van der Waals surface area contributed by atoms with E-state index in [1.54, 1.807) is 6.08 Å². The number of carbonyl (C=O) groups excluding carboxylic acids is 1. The van der Waals surface area contributed by atoms with Crippen molar-refractivity contribution in [2.75, 3.05) is 7.11 Å². The van der Waals surface area contributed by atoms with Crippen LogP contribution < -0.4 is 0 Å². The van der Waals surface area contributed by atoms with E-state index in [4.69, 9.17) is 4.74 Å². The normalized spacial score (nSPS) is 11.9. The van der Waals surface area contributed by atoms with Crippen molar-refractivity contribution in [1.29, 1.82) is 0 Å². The first kappa shape index (κ1) is 14.4. The molecule has 0 atom stereocenters. The van der Waals surface area contributed by atoms with Gasteiger partial charge in [0.2, 0.25) is 0 Å². The third-order valence-electron chi connectivity index (χ3n) is 2.11. The molecular formula is C12H19BrO2. The summed E-state index contributed by atoms with van der Waals surface area (Å²) in [4.78, 5) is 11.4. The Hall–Kier alpha value is -0.570. The molecule has 0 radical (unpaired) electrons. The molecule has 2 nitrogen and oxygen atoms in total. The molecule has 0 aliphatic heterocycles. The summed E-state index contributed by atoms with van der Waals surface area (Å²) in [5, 5.41) is 0. The third kappa shape index (κ3) is 5.78. The van der Waals surface area contributed by atoms with E-state index in [9.17, 15) is 4.79 Å². The minimum absolute atomic E-state index is 0.265. The third-order valence-corrected chi connectivity index (χ3v) is 2.98. The molecule has 86 valence electrons. The molecule has 3 heteroatoms. The molecule has 0 heterocycles. The molecule has 0 saturated heterocycles. The van der Waals surface area contributed by atoms with Crippen LogP contribution in [0.3, 0.4) is 0 Å². The van der Waals surface area contributed by atoms with Gasteiger partial charge in [-0.05, 0) is 19.3 Å². The maximum absolute atomic E-state index is 11.4. The van der Waals surface area contributed by atoms with Crippen molar-refractivity contribution in [2.45, 2.75) is 39.0 Å². The Kier molecular flexibility index (Phi) is 8.38. The van der Waals surface area contributed by atoms with E-state index >= 15 is 0 Å². The van der Waals surface area contributed by atoms with Gasteiger partial charge in [-0.15, -0.1) is 6.58 Å². The number of halogens is 1. The molecule has 15 heavy (non-hydrogen) atoms. The molecule has 0 rings (SSSR count). The monoisotopic (exact) mass is 274 g/mol. The lowest BCUT2D eigenvalue weighted by Crippen LogP contribution is -2.05. The molecule has 0 aliphatic carbocycles. The van der Waals surface area contributed by atoms with Gasteiger partial charge in [-0.2, -0.15) is 0 Å². The summed E-state index contributed by atoms with van der Waals surface area (Å²) in [5.74, 6) is -0.265. The van der Waals surface area contributed by atoms with Gasteiger partial charge in [0.05, 0.1) is 12.7 Å². The molecule has 0 unspecified atom stereocenters. The molecule has 0 aromatic rings. The van der Waals surface area contributed by atoms with Crippen molar-refractivity contribution in [3.8, 4) is 0 Å². The number of hydrogen-bond donors (Lipinski definition) is 0. The van der Waals surface area contributed by atoms with Gasteiger partial charge < -0.3 is 4.74 Å². The number of rotatable bonds is 7. The van der Waals surface area contributed by atoms with Crippen LogP contribution in [-0.4, -0.2) is 13.1 Å². The molecule has 0 aromatic carbocycles. The zero-order chi connectivity index (χ0) is 11.7. The van der Waals surface area contributed by atoms with Gasteiger partial charge in [-0.3, -0.25) is 0 Å². The van der Waals surface area contributed by atoms with E-state index in [0.717, 1.165) is 17.3 Å². The van der Waals surface area contributed by atoms with Crippen LogP contribution >= 0.6 is 15.9 Å². The van der Waals surface area contributed by atoms with Gasteiger partial charge >= 0.3 is 5.97 Å². The van der Waals surface area contributed by atoms with E-state index in [0.29, 0.717) is 12.0 Å². The van der Waals surface area contributed by atoms with Crippen LogP contribution in [-0.2, 0) is 9.53 Å². The van der Waals surface area contributed by atoms with E-state index in [1.165, 1.54) is 20.0 Å². The Balaban J connectivity index is 4.45. The first-order valence-electron chi connectivity index (χ1n) is 5.24. The number of esters is 1. The average Bonchev–Trinajstić information content (AvgIpc) is 2.25. The molecular weight excluding hydrogens is 256 g/mol. The zero-order valence-electron chi connectivity index (χ0n) is 9.51. The number of methoxy groups -OCH3 is 1. The SMILES string of the molecule is C=CC/C(C(=O)OC)=C(\Br)CCCCC. The number of unbranched alkanes of at least 4 members (excludes halogenated alkanes) is 2. The van der Waals surface area contributed by atoms with Gasteiger partial charge in [-0.1, -0.05) is 41.8 Å². The molecule has 0 fully saturated rings. The second-order valence-electron chi connectivity index (χ2n) is 3.32. The fourth-order valence-corrected chi connectivity index (χ4v) is 1.86. The smallest absolute Gasteiger partial charge is 0.334 e. The molecule has 0 spiro atoms. The second-order valence-corrected chi connectivity index (χ2v) is 4.28. The Morgan fingerprint density at radius 2 is 2.13 bits per heavy atom. The summed E-state index contributed by atoms with van der Waals surface area (Å²) in [6.45, 7) is 5.79. The van der Waals surface area contributed by atoms with E-state index in [-0.39, 0.29) is 5.97 Å². The second kappa shape index (κ2) is 8.72. The average molecular weight is 275 g/mol.